The fourth-order valence-electron chi connectivity index (χ4n) is 2.03. The summed E-state index contributed by atoms with van der Waals surface area (Å²) in [6, 6.07) is 6.79. The second-order valence-corrected chi connectivity index (χ2v) is 6.08. The summed E-state index contributed by atoms with van der Waals surface area (Å²) in [5, 5.41) is 11.2. The first-order chi connectivity index (χ1) is 8.16. The van der Waals surface area contributed by atoms with Crippen LogP contribution in [0, 0.1) is 10.1 Å². The minimum atomic E-state index is -0.358. The molecule has 1 aromatic carbocycles. The van der Waals surface area contributed by atoms with Gasteiger partial charge >= 0.3 is 0 Å². The van der Waals surface area contributed by atoms with E-state index in [4.69, 9.17) is 11.6 Å². The molecule has 0 heterocycles. The maximum absolute atomic E-state index is 10.7. The Balaban J connectivity index is 2.07. The Morgan fingerprint density at radius 3 is 2.82 bits per heavy atom. The van der Waals surface area contributed by atoms with Crippen molar-refractivity contribution in [2.75, 3.05) is 0 Å². The molecule has 1 fully saturated rings. The number of benzene rings is 1. The largest absolute Gasteiger partial charge is 0.270 e. The Bertz CT molecular complexity index is 413. The van der Waals surface area contributed by atoms with Crippen LogP contribution in [-0.2, 0) is 0 Å². The molecule has 0 aliphatic heterocycles. The van der Waals surface area contributed by atoms with Gasteiger partial charge in [0.1, 0.15) is 0 Å². The van der Waals surface area contributed by atoms with E-state index >= 15 is 0 Å². The first kappa shape index (κ1) is 12.7. The third-order valence-corrected chi connectivity index (χ3v) is 5.00. The molecule has 1 aliphatic rings. The Morgan fingerprint density at radius 2 is 2.12 bits per heavy atom. The van der Waals surface area contributed by atoms with E-state index in [-0.39, 0.29) is 16.0 Å². The number of hydrogen-bond acceptors (Lipinski definition) is 3. The summed E-state index contributed by atoms with van der Waals surface area (Å²) < 4.78 is 0. The molecule has 1 aliphatic carbocycles. The molecule has 0 bridgehead atoms. The van der Waals surface area contributed by atoms with Crippen molar-refractivity contribution in [2.24, 2.45) is 0 Å². The molecule has 5 heteroatoms. The highest BCUT2D eigenvalue weighted by Crippen LogP contribution is 2.37. The van der Waals surface area contributed by atoms with E-state index in [1.165, 1.54) is 18.9 Å². The number of non-ortho nitro benzene ring substituents is 1. The van der Waals surface area contributed by atoms with Crippen molar-refractivity contribution in [3.63, 3.8) is 0 Å². The second-order valence-electron chi connectivity index (χ2n) is 4.21. The van der Waals surface area contributed by atoms with Gasteiger partial charge in [-0.3, -0.25) is 10.1 Å². The normalized spacial score (nSPS) is 24.5. The SMILES string of the molecule is O=[N+]([O-])c1cccc(SC2CCCCC2Cl)c1. The topological polar surface area (TPSA) is 43.1 Å². The maximum Gasteiger partial charge on any atom is 0.270 e. The Morgan fingerprint density at radius 1 is 1.35 bits per heavy atom. The van der Waals surface area contributed by atoms with Gasteiger partial charge in [0.05, 0.1) is 4.92 Å². The van der Waals surface area contributed by atoms with Crippen LogP contribution in [0.1, 0.15) is 25.7 Å². The molecule has 2 unspecified atom stereocenters. The van der Waals surface area contributed by atoms with Crippen LogP contribution >= 0.6 is 23.4 Å². The Hall–Kier alpha value is -0.740. The van der Waals surface area contributed by atoms with Crippen molar-refractivity contribution in [1.29, 1.82) is 0 Å². The van der Waals surface area contributed by atoms with E-state index < -0.39 is 0 Å². The van der Waals surface area contributed by atoms with Gasteiger partial charge in [-0.05, 0) is 18.9 Å². The summed E-state index contributed by atoms with van der Waals surface area (Å²) >= 11 is 7.95. The van der Waals surface area contributed by atoms with Gasteiger partial charge in [0.15, 0.2) is 0 Å². The molecule has 3 nitrogen and oxygen atoms in total. The van der Waals surface area contributed by atoms with Crippen LogP contribution in [0.4, 0.5) is 5.69 Å². The molecule has 0 aromatic heterocycles. The zero-order chi connectivity index (χ0) is 12.3. The number of nitrogens with zero attached hydrogens (tertiary/aromatic N) is 1. The Kier molecular flexibility index (Phi) is 4.29. The second kappa shape index (κ2) is 5.74. The minimum Gasteiger partial charge on any atom is -0.258 e. The van der Waals surface area contributed by atoms with E-state index in [2.05, 4.69) is 0 Å². The van der Waals surface area contributed by atoms with Gasteiger partial charge in [0.2, 0.25) is 0 Å². The number of rotatable bonds is 3. The quantitative estimate of drug-likeness (QED) is 0.469. The molecule has 92 valence electrons. The van der Waals surface area contributed by atoms with Gasteiger partial charge in [-0.2, -0.15) is 0 Å². The molecule has 0 saturated heterocycles. The highest BCUT2D eigenvalue weighted by Gasteiger charge is 2.24. The molecular weight excluding hydrogens is 258 g/mol. The zero-order valence-electron chi connectivity index (χ0n) is 9.34. The smallest absolute Gasteiger partial charge is 0.258 e. The fraction of sp³-hybridized carbons (Fsp3) is 0.500. The van der Waals surface area contributed by atoms with Gasteiger partial charge in [0, 0.05) is 27.7 Å². The van der Waals surface area contributed by atoms with Crippen LogP contribution in [0.2, 0.25) is 0 Å². The minimum absolute atomic E-state index is 0.150. The number of halogens is 1. The third-order valence-electron chi connectivity index (χ3n) is 2.94. The number of nitro benzene ring substituents is 1. The summed E-state index contributed by atoms with van der Waals surface area (Å²) in [5.74, 6) is 0. The van der Waals surface area contributed by atoms with Gasteiger partial charge in [-0.15, -0.1) is 23.4 Å². The average molecular weight is 272 g/mol. The highest BCUT2D eigenvalue weighted by molar-refractivity contribution is 8.00. The van der Waals surface area contributed by atoms with E-state index in [0.717, 1.165) is 17.7 Å². The lowest BCUT2D eigenvalue weighted by molar-refractivity contribution is -0.385. The summed E-state index contributed by atoms with van der Waals surface area (Å²) in [4.78, 5) is 11.3. The molecule has 2 atom stereocenters. The first-order valence-electron chi connectivity index (χ1n) is 5.72. The van der Waals surface area contributed by atoms with Crippen molar-refractivity contribution in [1.82, 2.24) is 0 Å². The van der Waals surface area contributed by atoms with E-state index in [0.29, 0.717) is 5.25 Å². The first-order valence-corrected chi connectivity index (χ1v) is 7.03. The van der Waals surface area contributed by atoms with Crippen LogP contribution in [0.15, 0.2) is 29.2 Å². The molecular formula is C12H14ClNO2S. The summed E-state index contributed by atoms with van der Waals surface area (Å²) in [5.41, 5.74) is 0.150. The standard InChI is InChI=1S/C12H14ClNO2S/c13-11-6-1-2-7-12(11)17-10-5-3-4-9(8-10)14(15)16/h3-5,8,11-12H,1-2,6-7H2. The number of alkyl halides is 1. The summed E-state index contributed by atoms with van der Waals surface area (Å²) in [6.45, 7) is 0. The average Bonchev–Trinajstić information content (AvgIpc) is 2.32. The molecule has 17 heavy (non-hydrogen) atoms. The molecule has 0 radical (unpaired) electrons. The lowest BCUT2D eigenvalue weighted by Crippen LogP contribution is -2.21. The maximum atomic E-state index is 10.7. The van der Waals surface area contributed by atoms with Gasteiger partial charge in [-0.25, -0.2) is 0 Å². The third kappa shape index (κ3) is 3.36. The van der Waals surface area contributed by atoms with Crippen molar-refractivity contribution in [3.05, 3.63) is 34.4 Å². The number of hydrogen-bond donors (Lipinski definition) is 0. The lowest BCUT2D eigenvalue weighted by atomic mass is 10.00. The van der Waals surface area contributed by atoms with Crippen LogP contribution < -0.4 is 0 Å². The van der Waals surface area contributed by atoms with E-state index in [9.17, 15) is 10.1 Å². The molecule has 0 N–H and O–H groups in total. The van der Waals surface area contributed by atoms with Gasteiger partial charge in [0.25, 0.3) is 5.69 Å². The van der Waals surface area contributed by atoms with Crippen LogP contribution in [0.3, 0.4) is 0 Å². The van der Waals surface area contributed by atoms with Crippen molar-refractivity contribution >= 4 is 29.1 Å². The van der Waals surface area contributed by atoms with Crippen molar-refractivity contribution in [2.45, 2.75) is 41.2 Å². The van der Waals surface area contributed by atoms with Crippen LogP contribution in [-0.4, -0.2) is 15.6 Å². The number of thioether (sulfide) groups is 1. The molecule has 1 saturated carbocycles. The van der Waals surface area contributed by atoms with Crippen LogP contribution in [0.25, 0.3) is 0 Å². The molecule has 0 spiro atoms. The summed E-state index contributed by atoms with van der Waals surface area (Å²) in [6.07, 6.45) is 4.55. The molecule has 1 aromatic rings. The molecule has 2 rings (SSSR count). The van der Waals surface area contributed by atoms with Crippen molar-refractivity contribution in [3.8, 4) is 0 Å². The van der Waals surface area contributed by atoms with E-state index in [1.807, 2.05) is 6.07 Å². The van der Waals surface area contributed by atoms with Gasteiger partial charge in [-0.1, -0.05) is 18.9 Å². The Labute approximate surface area is 110 Å². The van der Waals surface area contributed by atoms with Gasteiger partial charge < -0.3 is 0 Å². The predicted octanol–water partition coefficient (Wildman–Crippen LogP) is 4.24. The van der Waals surface area contributed by atoms with Crippen LogP contribution in [0.5, 0.6) is 0 Å². The predicted molar refractivity (Wildman–Crippen MR) is 70.9 cm³/mol. The monoisotopic (exact) mass is 271 g/mol. The van der Waals surface area contributed by atoms with E-state index in [1.54, 1.807) is 23.9 Å². The number of nitro groups is 1. The molecule has 0 amide bonds. The zero-order valence-corrected chi connectivity index (χ0v) is 10.9. The van der Waals surface area contributed by atoms with Crippen molar-refractivity contribution < 1.29 is 4.92 Å². The fourth-order valence-corrected chi connectivity index (χ4v) is 3.73. The highest BCUT2D eigenvalue weighted by atomic mass is 35.5. The lowest BCUT2D eigenvalue weighted by Gasteiger charge is -2.26. The summed E-state index contributed by atoms with van der Waals surface area (Å²) in [7, 11) is 0.